The van der Waals surface area contributed by atoms with Crippen molar-refractivity contribution < 1.29 is 9.47 Å². The standard InChI is InChI=1S/C16H24N2O2/c1-10-12-4-5-13-14(18-11(2)17-13)15(12,3)6-7-16(10)19-8-9-20-16/h10,12H,4-9H2,1-3H3,(H,17,18)/t10-,12-,15?/m0/s1. The van der Waals surface area contributed by atoms with E-state index in [1.165, 1.54) is 17.8 Å². The zero-order valence-electron chi connectivity index (χ0n) is 12.7. The van der Waals surface area contributed by atoms with Crippen LogP contribution in [0.15, 0.2) is 0 Å². The van der Waals surface area contributed by atoms with Gasteiger partial charge in [0.2, 0.25) is 0 Å². The first-order valence-electron chi connectivity index (χ1n) is 7.89. The molecule has 1 aromatic heterocycles. The third-order valence-corrected chi connectivity index (χ3v) is 6.03. The molecule has 3 atom stereocenters. The maximum atomic E-state index is 6.03. The normalized spacial score (nSPS) is 38.8. The third-order valence-electron chi connectivity index (χ3n) is 6.03. The number of nitrogens with one attached hydrogen (secondary N) is 1. The number of fused-ring (bicyclic) bond motifs is 3. The number of hydrogen-bond acceptors (Lipinski definition) is 3. The zero-order valence-corrected chi connectivity index (χ0v) is 12.7. The van der Waals surface area contributed by atoms with Crippen LogP contribution in [0.2, 0.25) is 0 Å². The summed E-state index contributed by atoms with van der Waals surface area (Å²) in [6.45, 7) is 8.28. The quantitative estimate of drug-likeness (QED) is 0.792. The first kappa shape index (κ1) is 12.8. The molecular weight excluding hydrogens is 252 g/mol. The Morgan fingerprint density at radius 2 is 2.00 bits per heavy atom. The summed E-state index contributed by atoms with van der Waals surface area (Å²) in [6.07, 6.45) is 4.42. The van der Waals surface area contributed by atoms with Crippen LogP contribution in [0.1, 0.15) is 50.3 Å². The van der Waals surface area contributed by atoms with E-state index in [1.54, 1.807) is 0 Å². The average Bonchev–Trinajstić information content (AvgIpc) is 3.02. The second-order valence-corrected chi connectivity index (χ2v) is 7.01. The molecule has 0 aromatic carbocycles. The fraction of sp³-hybridized carbons (Fsp3) is 0.812. The second kappa shape index (κ2) is 4.08. The van der Waals surface area contributed by atoms with Crippen LogP contribution in [0.25, 0.3) is 0 Å². The molecule has 110 valence electrons. The van der Waals surface area contributed by atoms with Crippen molar-refractivity contribution in [3.8, 4) is 0 Å². The summed E-state index contributed by atoms with van der Waals surface area (Å²) >= 11 is 0. The molecule has 0 bridgehead atoms. The summed E-state index contributed by atoms with van der Waals surface area (Å²) in [5.74, 6) is 1.78. The van der Waals surface area contributed by atoms with E-state index in [0.717, 1.165) is 38.3 Å². The van der Waals surface area contributed by atoms with Gasteiger partial charge in [0.25, 0.3) is 0 Å². The average molecular weight is 276 g/mol. The van der Waals surface area contributed by atoms with E-state index in [-0.39, 0.29) is 11.2 Å². The molecule has 1 spiro atoms. The minimum Gasteiger partial charge on any atom is -0.347 e. The number of rotatable bonds is 0. The minimum atomic E-state index is -0.312. The fourth-order valence-electron chi connectivity index (χ4n) is 4.94. The van der Waals surface area contributed by atoms with Gasteiger partial charge < -0.3 is 14.5 Å². The Hall–Kier alpha value is -0.870. The van der Waals surface area contributed by atoms with Gasteiger partial charge in [-0.3, -0.25) is 0 Å². The monoisotopic (exact) mass is 276 g/mol. The fourth-order valence-corrected chi connectivity index (χ4v) is 4.94. The highest BCUT2D eigenvalue weighted by Crippen LogP contribution is 2.56. The van der Waals surface area contributed by atoms with Crippen molar-refractivity contribution in [1.29, 1.82) is 0 Å². The first-order chi connectivity index (χ1) is 9.55. The Kier molecular flexibility index (Phi) is 2.62. The summed E-state index contributed by atoms with van der Waals surface area (Å²) in [6, 6.07) is 0. The maximum Gasteiger partial charge on any atom is 0.171 e. The second-order valence-electron chi connectivity index (χ2n) is 7.01. The lowest BCUT2D eigenvalue weighted by Crippen LogP contribution is -2.55. The predicted octanol–water partition coefficient (Wildman–Crippen LogP) is 2.71. The van der Waals surface area contributed by atoms with Gasteiger partial charge in [0.05, 0.1) is 18.9 Å². The molecule has 2 fully saturated rings. The molecule has 1 saturated heterocycles. The molecule has 20 heavy (non-hydrogen) atoms. The number of nitrogens with zero attached hydrogens (tertiary/aromatic N) is 1. The van der Waals surface area contributed by atoms with E-state index in [4.69, 9.17) is 14.5 Å². The third kappa shape index (κ3) is 1.52. The minimum absolute atomic E-state index is 0.179. The van der Waals surface area contributed by atoms with E-state index in [1.807, 2.05) is 0 Å². The molecule has 1 N–H and O–H groups in total. The van der Waals surface area contributed by atoms with E-state index in [0.29, 0.717) is 11.8 Å². The summed E-state index contributed by atoms with van der Waals surface area (Å²) in [5, 5.41) is 0. The maximum absolute atomic E-state index is 6.03. The van der Waals surface area contributed by atoms with Gasteiger partial charge in [-0.1, -0.05) is 13.8 Å². The Bertz CT molecular complexity index is 533. The lowest BCUT2D eigenvalue weighted by Gasteiger charge is -2.53. The van der Waals surface area contributed by atoms with E-state index in [2.05, 4.69) is 25.8 Å². The molecule has 1 aliphatic heterocycles. The van der Waals surface area contributed by atoms with Crippen LogP contribution in [0.5, 0.6) is 0 Å². The Morgan fingerprint density at radius 1 is 1.25 bits per heavy atom. The highest BCUT2D eigenvalue weighted by Gasteiger charge is 2.57. The molecule has 4 nitrogen and oxygen atoms in total. The van der Waals surface area contributed by atoms with Gasteiger partial charge in [-0.05, 0) is 32.1 Å². The smallest absolute Gasteiger partial charge is 0.171 e. The van der Waals surface area contributed by atoms with Crippen molar-refractivity contribution in [3.05, 3.63) is 17.2 Å². The van der Waals surface area contributed by atoms with Gasteiger partial charge in [-0.2, -0.15) is 0 Å². The number of aromatic nitrogens is 2. The number of H-pyrrole nitrogens is 1. The summed E-state index contributed by atoms with van der Waals surface area (Å²) in [7, 11) is 0. The van der Waals surface area contributed by atoms with E-state index < -0.39 is 0 Å². The van der Waals surface area contributed by atoms with Gasteiger partial charge in [0.1, 0.15) is 5.82 Å². The lowest BCUT2D eigenvalue weighted by molar-refractivity contribution is -0.234. The SMILES string of the molecule is Cc1nc2c([nH]1)CC[C@H]1[C@H](C)C3(CCC21C)OCCO3. The Morgan fingerprint density at radius 3 is 2.75 bits per heavy atom. The van der Waals surface area contributed by atoms with Crippen LogP contribution in [0.4, 0.5) is 0 Å². The zero-order chi connectivity index (χ0) is 14.0. The summed E-state index contributed by atoms with van der Waals surface area (Å²) < 4.78 is 12.1. The van der Waals surface area contributed by atoms with Gasteiger partial charge in [0, 0.05) is 23.4 Å². The number of ether oxygens (including phenoxy) is 2. The van der Waals surface area contributed by atoms with Crippen molar-refractivity contribution in [1.82, 2.24) is 9.97 Å². The van der Waals surface area contributed by atoms with Crippen molar-refractivity contribution in [2.75, 3.05) is 13.2 Å². The Balaban J connectivity index is 1.74. The van der Waals surface area contributed by atoms with Gasteiger partial charge in [-0.25, -0.2) is 4.98 Å². The highest BCUT2D eigenvalue weighted by molar-refractivity contribution is 5.30. The molecule has 3 aliphatic rings. The first-order valence-corrected chi connectivity index (χ1v) is 7.89. The van der Waals surface area contributed by atoms with E-state index in [9.17, 15) is 0 Å². The molecule has 0 amide bonds. The van der Waals surface area contributed by atoms with Crippen molar-refractivity contribution in [2.24, 2.45) is 11.8 Å². The molecule has 4 heteroatoms. The molecule has 2 heterocycles. The Labute approximate surface area is 120 Å². The van der Waals surface area contributed by atoms with Gasteiger partial charge >= 0.3 is 0 Å². The predicted molar refractivity (Wildman–Crippen MR) is 75.5 cm³/mol. The highest BCUT2D eigenvalue weighted by atomic mass is 16.7. The van der Waals surface area contributed by atoms with Crippen molar-refractivity contribution in [3.63, 3.8) is 0 Å². The van der Waals surface area contributed by atoms with Crippen LogP contribution in [0, 0.1) is 18.8 Å². The summed E-state index contributed by atoms with van der Waals surface area (Å²) in [5.41, 5.74) is 2.85. The molecule has 1 saturated carbocycles. The molecule has 1 unspecified atom stereocenters. The van der Waals surface area contributed by atoms with Gasteiger partial charge in [0.15, 0.2) is 5.79 Å². The molecule has 4 rings (SSSR count). The van der Waals surface area contributed by atoms with Crippen LogP contribution >= 0.6 is 0 Å². The number of aromatic amines is 1. The molecule has 0 radical (unpaired) electrons. The topological polar surface area (TPSA) is 47.1 Å². The van der Waals surface area contributed by atoms with Crippen molar-refractivity contribution in [2.45, 2.75) is 57.7 Å². The van der Waals surface area contributed by atoms with Crippen molar-refractivity contribution >= 4 is 0 Å². The van der Waals surface area contributed by atoms with Crippen LogP contribution in [-0.4, -0.2) is 29.0 Å². The number of hydrogen-bond donors (Lipinski definition) is 1. The molecular formula is C16H24N2O2. The van der Waals surface area contributed by atoms with Crippen LogP contribution in [-0.2, 0) is 21.3 Å². The van der Waals surface area contributed by atoms with Crippen LogP contribution < -0.4 is 0 Å². The lowest BCUT2D eigenvalue weighted by atomic mass is 9.55. The number of aryl methyl sites for hydroxylation is 2. The largest absolute Gasteiger partial charge is 0.347 e. The van der Waals surface area contributed by atoms with E-state index >= 15 is 0 Å². The van der Waals surface area contributed by atoms with Crippen LogP contribution in [0.3, 0.4) is 0 Å². The van der Waals surface area contributed by atoms with Gasteiger partial charge in [-0.15, -0.1) is 0 Å². The molecule has 1 aromatic rings. The molecule has 2 aliphatic carbocycles. The number of imidazole rings is 1. The summed E-state index contributed by atoms with van der Waals surface area (Å²) in [4.78, 5) is 8.28.